The second-order valence-electron chi connectivity index (χ2n) is 14.4. The number of rotatable bonds is 3. The Morgan fingerprint density at radius 1 is 0.714 bits per heavy atom. The van der Waals surface area contributed by atoms with Crippen LogP contribution in [-0.2, 0) is 16.2 Å². The van der Waals surface area contributed by atoms with Gasteiger partial charge in [0.1, 0.15) is 5.82 Å². The summed E-state index contributed by atoms with van der Waals surface area (Å²) in [5.41, 5.74) is 11.3. The van der Waals surface area contributed by atoms with E-state index < -0.39 is 0 Å². The van der Waals surface area contributed by atoms with Gasteiger partial charge in [-0.2, -0.15) is 0 Å². The molecule has 2 aliphatic carbocycles. The third kappa shape index (κ3) is 2.54. The Hall–Kier alpha value is -2.09. The zero-order chi connectivity index (χ0) is 26.1. The minimum atomic E-state index is 0.00399. The van der Waals surface area contributed by atoms with Crippen molar-refractivity contribution in [1.29, 1.82) is 0 Å². The van der Waals surface area contributed by atoms with Gasteiger partial charge in [-0.3, -0.25) is 0 Å². The smallest absolute Gasteiger partial charge is 0.139 e. The summed E-state index contributed by atoms with van der Waals surface area (Å²) in [7, 11) is 0. The van der Waals surface area contributed by atoms with Gasteiger partial charge in [-0.05, 0) is 67.4 Å². The molecular weight excluding hydrogens is 424 g/mol. The summed E-state index contributed by atoms with van der Waals surface area (Å²) in [6.07, 6.45) is 0. The lowest BCUT2D eigenvalue weighted by Gasteiger charge is -2.56. The van der Waals surface area contributed by atoms with Crippen molar-refractivity contribution in [1.82, 2.24) is 9.97 Å². The van der Waals surface area contributed by atoms with E-state index in [-0.39, 0.29) is 27.1 Å². The van der Waals surface area contributed by atoms with E-state index in [0.29, 0.717) is 11.8 Å². The molecule has 188 valence electrons. The molecule has 5 rings (SSSR count). The topological polar surface area (TPSA) is 28.7 Å². The van der Waals surface area contributed by atoms with Crippen molar-refractivity contribution >= 4 is 11.0 Å². The van der Waals surface area contributed by atoms with Crippen LogP contribution in [0.4, 0.5) is 0 Å². The second kappa shape index (κ2) is 6.81. The molecule has 1 atom stereocenters. The molecule has 0 fully saturated rings. The maximum absolute atomic E-state index is 5.48. The van der Waals surface area contributed by atoms with Crippen molar-refractivity contribution in [3.8, 4) is 11.4 Å². The van der Waals surface area contributed by atoms with Gasteiger partial charge in [-0.15, -0.1) is 0 Å². The first kappa shape index (κ1) is 24.6. The lowest BCUT2D eigenvalue weighted by atomic mass is 9.47. The highest BCUT2D eigenvalue weighted by molar-refractivity contribution is 5.90. The molecule has 1 N–H and O–H groups in total. The molecule has 0 radical (unpaired) electrons. The Morgan fingerprint density at radius 2 is 1.23 bits per heavy atom. The third-order valence-corrected chi connectivity index (χ3v) is 11.8. The summed E-state index contributed by atoms with van der Waals surface area (Å²) >= 11 is 0. The number of nitrogens with one attached hydrogen (secondary N) is 1. The molecule has 0 aliphatic heterocycles. The summed E-state index contributed by atoms with van der Waals surface area (Å²) in [6, 6.07) is 9.25. The largest absolute Gasteiger partial charge is 0.338 e. The van der Waals surface area contributed by atoms with Gasteiger partial charge in [-0.1, -0.05) is 108 Å². The average molecular weight is 471 g/mol. The number of aromatic nitrogens is 2. The van der Waals surface area contributed by atoms with Crippen molar-refractivity contribution in [3.63, 3.8) is 0 Å². The van der Waals surface area contributed by atoms with Crippen LogP contribution in [0.1, 0.15) is 130 Å². The van der Waals surface area contributed by atoms with Gasteiger partial charge < -0.3 is 4.98 Å². The number of H-pyrrole nitrogens is 1. The van der Waals surface area contributed by atoms with E-state index in [9.17, 15) is 0 Å². The molecular formula is C33H46N2. The summed E-state index contributed by atoms with van der Waals surface area (Å²) in [4.78, 5) is 9.33. The maximum Gasteiger partial charge on any atom is 0.139 e. The number of aromatic amines is 1. The molecule has 3 aromatic rings. The molecule has 2 aromatic carbocycles. The van der Waals surface area contributed by atoms with E-state index in [0.717, 1.165) is 5.82 Å². The number of benzene rings is 2. The van der Waals surface area contributed by atoms with Crippen molar-refractivity contribution in [3.05, 3.63) is 52.1 Å². The molecule has 0 saturated heterocycles. The van der Waals surface area contributed by atoms with E-state index in [4.69, 9.17) is 4.98 Å². The highest BCUT2D eigenvalue weighted by Crippen LogP contribution is 2.76. The summed E-state index contributed by atoms with van der Waals surface area (Å²) in [5, 5.41) is 0. The van der Waals surface area contributed by atoms with Gasteiger partial charge in [0, 0.05) is 11.0 Å². The molecule has 2 aliphatic rings. The van der Waals surface area contributed by atoms with Crippen molar-refractivity contribution in [2.75, 3.05) is 0 Å². The molecule has 1 unspecified atom stereocenters. The first-order valence-corrected chi connectivity index (χ1v) is 13.7. The van der Waals surface area contributed by atoms with Crippen LogP contribution in [0, 0.1) is 10.8 Å². The zero-order valence-corrected chi connectivity index (χ0v) is 24.4. The van der Waals surface area contributed by atoms with Crippen LogP contribution >= 0.6 is 0 Å². The van der Waals surface area contributed by atoms with Gasteiger partial charge in [0.05, 0.1) is 11.0 Å². The Kier molecular flexibility index (Phi) is 4.79. The van der Waals surface area contributed by atoms with Crippen LogP contribution in [0.3, 0.4) is 0 Å². The van der Waals surface area contributed by atoms with E-state index >= 15 is 0 Å². The predicted molar refractivity (Wildman–Crippen MR) is 151 cm³/mol. The molecule has 35 heavy (non-hydrogen) atoms. The monoisotopic (exact) mass is 470 g/mol. The van der Waals surface area contributed by atoms with E-state index in [1.54, 1.807) is 5.56 Å². The van der Waals surface area contributed by atoms with Crippen molar-refractivity contribution in [2.24, 2.45) is 10.8 Å². The minimum absolute atomic E-state index is 0.00399. The number of hydrogen-bond acceptors (Lipinski definition) is 1. The molecule has 1 heterocycles. The fourth-order valence-electron chi connectivity index (χ4n) is 8.02. The molecule has 2 nitrogen and oxygen atoms in total. The van der Waals surface area contributed by atoms with E-state index in [1.807, 2.05) is 0 Å². The fraction of sp³-hybridized carbons (Fsp3) is 0.606. The molecule has 1 aromatic heterocycles. The van der Waals surface area contributed by atoms with Crippen LogP contribution in [0.2, 0.25) is 0 Å². The maximum atomic E-state index is 5.48. The van der Waals surface area contributed by atoms with E-state index in [2.05, 4.69) is 119 Å². The van der Waals surface area contributed by atoms with Crippen LogP contribution < -0.4 is 0 Å². The number of hydrogen-bond donors (Lipinski definition) is 1. The van der Waals surface area contributed by atoms with Crippen molar-refractivity contribution < 1.29 is 0 Å². The molecule has 0 amide bonds. The predicted octanol–water partition coefficient (Wildman–Crippen LogP) is 9.37. The molecule has 0 saturated carbocycles. The van der Waals surface area contributed by atoms with Gasteiger partial charge in [-0.25, -0.2) is 4.98 Å². The van der Waals surface area contributed by atoms with E-state index in [1.165, 1.54) is 38.9 Å². The van der Waals surface area contributed by atoms with Gasteiger partial charge in [0.2, 0.25) is 0 Å². The van der Waals surface area contributed by atoms with Crippen LogP contribution in [0.5, 0.6) is 0 Å². The molecule has 0 spiro atoms. The summed E-state index contributed by atoms with van der Waals surface area (Å²) in [6.45, 7) is 31.6. The van der Waals surface area contributed by atoms with Crippen LogP contribution in [0.15, 0.2) is 24.3 Å². The standard InChI is InChI=1S/C33H46N2/c1-18(2)20-15-14-16-21(19(3)4)24(20)28-34-23-17-22-25-26(27(23)35-28)30(7,8)32(11,12)33(25,13)31(9,10)29(22,5)6/h14-19H,1-13H3,(H,34,35). The highest BCUT2D eigenvalue weighted by Gasteiger charge is 2.72. The molecule has 0 bridgehead atoms. The number of nitrogens with zero attached hydrogens (tertiary/aromatic N) is 1. The summed E-state index contributed by atoms with van der Waals surface area (Å²) in [5.74, 6) is 1.91. The first-order valence-electron chi connectivity index (χ1n) is 13.7. The Bertz CT molecular complexity index is 1330. The Labute approximate surface area is 213 Å². The second-order valence-corrected chi connectivity index (χ2v) is 14.4. The zero-order valence-electron chi connectivity index (χ0n) is 24.4. The Balaban J connectivity index is 1.92. The van der Waals surface area contributed by atoms with Crippen molar-refractivity contribution in [2.45, 2.75) is 118 Å². The first-order chi connectivity index (χ1) is 15.9. The average Bonchev–Trinajstić information content (AvgIpc) is 3.27. The normalized spacial score (nSPS) is 25.1. The Morgan fingerprint density at radius 3 is 1.74 bits per heavy atom. The van der Waals surface area contributed by atoms with Crippen LogP contribution in [-0.4, -0.2) is 9.97 Å². The fourth-order valence-corrected chi connectivity index (χ4v) is 8.02. The minimum Gasteiger partial charge on any atom is -0.338 e. The van der Waals surface area contributed by atoms with Gasteiger partial charge in [0.15, 0.2) is 0 Å². The lowest BCUT2D eigenvalue weighted by Crippen LogP contribution is -2.55. The highest BCUT2D eigenvalue weighted by atomic mass is 14.9. The SMILES string of the molecule is CC(C)c1cccc(C(C)C)c1-c1nc2c3c4c(cc2[nH]1)C(C)(C)C(C)(C)C4(C)C(C)(C)C3(C)C. The van der Waals surface area contributed by atoms with Gasteiger partial charge >= 0.3 is 0 Å². The lowest BCUT2D eigenvalue weighted by molar-refractivity contribution is -0.0103. The number of imidazole rings is 1. The van der Waals surface area contributed by atoms with Gasteiger partial charge in [0.25, 0.3) is 0 Å². The quantitative estimate of drug-likeness (QED) is 0.406. The van der Waals surface area contributed by atoms with Crippen LogP contribution in [0.25, 0.3) is 22.4 Å². The molecule has 2 heteroatoms. The third-order valence-electron chi connectivity index (χ3n) is 11.8. The number of fused-ring (bicyclic) bond motifs is 2. The summed E-state index contributed by atoms with van der Waals surface area (Å²) < 4.78 is 0.